The number of nitrogens with zero attached hydrogens (tertiary/aromatic N) is 4. The van der Waals surface area contributed by atoms with E-state index < -0.39 is 0 Å². The van der Waals surface area contributed by atoms with Crippen LogP contribution in [0.15, 0.2) is 77.5 Å². The predicted octanol–water partition coefficient (Wildman–Crippen LogP) is 4.68. The van der Waals surface area contributed by atoms with Crippen LogP contribution in [0, 0.1) is 0 Å². The molecule has 0 aliphatic heterocycles. The van der Waals surface area contributed by atoms with E-state index in [2.05, 4.69) is 44.8 Å². The number of rotatable bonds is 7. The fourth-order valence-electron chi connectivity index (χ4n) is 4.12. The van der Waals surface area contributed by atoms with Crippen molar-refractivity contribution in [3.05, 3.63) is 95.4 Å². The molecule has 0 unspecified atom stereocenters. The van der Waals surface area contributed by atoms with Gasteiger partial charge in [-0.3, -0.25) is 9.78 Å². The molecule has 1 aliphatic rings. The minimum absolute atomic E-state index is 0.0509. The average Bonchev–Trinajstić information content (AvgIpc) is 3.32. The van der Waals surface area contributed by atoms with Gasteiger partial charge in [0.2, 0.25) is 17.7 Å². The van der Waals surface area contributed by atoms with Crippen LogP contribution in [0.1, 0.15) is 35.2 Å². The molecule has 0 bridgehead atoms. The molecule has 1 fully saturated rings. The van der Waals surface area contributed by atoms with Crippen molar-refractivity contribution in [2.24, 2.45) is 0 Å². The smallest absolute Gasteiger partial charge is 0.230 e. The minimum Gasteiger partial charge on any atom is -0.424 e. The van der Waals surface area contributed by atoms with Crippen LogP contribution in [0.5, 0.6) is 0 Å². The van der Waals surface area contributed by atoms with Gasteiger partial charge in [0.25, 0.3) is 0 Å². The van der Waals surface area contributed by atoms with Gasteiger partial charge >= 0.3 is 0 Å². The molecule has 168 valence electrons. The molecule has 3 aromatic heterocycles. The van der Waals surface area contributed by atoms with E-state index in [0.717, 1.165) is 39.2 Å². The minimum atomic E-state index is -0.312. The first-order valence-electron chi connectivity index (χ1n) is 11.1. The predicted molar refractivity (Wildman–Crippen MR) is 129 cm³/mol. The first-order valence-corrected chi connectivity index (χ1v) is 12.0. The summed E-state index contributed by atoms with van der Waals surface area (Å²) < 4.78 is 6.87. The number of nitrogens with one attached hydrogen (secondary N) is 1. The molecule has 3 heterocycles. The number of amides is 1. The molecule has 1 N–H and O–H groups in total. The van der Waals surface area contributed by atoms with Gasteiger partial charge in [0.05, 0.1) is 22.2 Å². The number of hydrogen-bond donors (Lipinski definition) is 1. The molecular formula is C26H21N5O2S. The van der Waals surface area contributed by atoms with Crippen LogP contribution in [0.25, 0.3) is 21.3 Å². The Bertz CT molecular complexity index is 1460. The number of fused-ring (bicyclic) bond motifs is 1. The van der Waals surface area contributed by atoms with Crippen LogP contribution in [0.4, 0.5) is 0 Å². The third-order valence-electron chi connectivity index (χ3n) is 6.01. The van der Waals surface area contributed by atoms with Gasteiger partial charge < -0.3 is 9.73 Å². The lowest BCUT2D eigenvalue weighted by molar-refractivity contribution is -0.121. The van der Waals surface area contributed by atoms with E-state index in [1.54, 1.807) is 23.7 Å². The Hall–Kier alpha value is -3.91. The van der Waals surface area contributed by atoms with E-state index in [9.17, 15) is 4.79 Å². The highest BCUT2D eigenvalue weighted by Crippen LogP contribution is 2.45. The molecule has 8 heteroatoms. The number of carbonyl (C=O) groups excluding carboxylic acids is 1. The molecule has 0 atom stereocenters. The van der Waals surface area contributed by atoms with Gasteiger partial charge in [0, 0.05) is 12.4 Å². The Morgan fingerprint density at radius 3 is 2.65 bits per heavy atom. The highest BCUT2D eigenvalue weighted by molar-refractivity contribution is 7.18. The number of pyridine rings is 1. The molecule has 0 spiro atoms. The van der Waals surface area contributed by atoms with Crippen molar-refractivity contribution in [3.8, 4) is 11.1 Å². The van der Waals surface area contributed by atoms with Gasteiger partial charge in [-0.25, -0.2) is 4.98 Å². The summed E-state index contributed by atoms with van der Waals surface area (Å²) in [6.45, 7) is 0. The third kappa shape index (κ3) is 4.20. The van der Waals surface area contributed by atoms with Gasteiger partial charge in [-0.1, -0.05) is 42.5 Å². The number of aromatic nitrogens is 4. The van der Waals surface area contributed by atoms with Crippen molar-refractivity contribution in [2.75, 3.05) is 0 Å². The lowest BCUT2D eigenvalue weighted by Crippen LogP contribution is -2.36. The lowest BCUT2D eigenvalue weighted by atomic mass is 10.1. The monoisotopic (exact) mass is 467 g/mol. The zero-order valence-electron chi connectivity index (χ0n) is 18.3. The van der Waals surface area contributed by atoms with Crippen molar-refractivity contribution >= 4 is 27.5 Å². The third-order valence-corrected chi connectivity index (χ3v) is 7.02. The lowest BCUT2D eigenvalue weighted by Gasteiger charge is -2.16. The number of thiazole rings is 1. The molecule has 5 aromatic rings. The Kier molecular flexibility index (Phi) is 5.15. The zero-order chi connectivity index (χ0) is 23.0. The van der Waals surface area contributed by atoms with E-state index in [0.29, 0.717) is 18.2 Å². The summed E-state index contributed by atoms with van der Waals surface area (Å²) in [5.74, 6) is 0.630. The summed E-state index contributed by atoms with van der Waals surface area (Å²) in [7, 11) is 0. The second-order valence-electron chi connectivity index (χ2n) is 8.47. The maximum atomic E-state index is 12.6. The fourth-order valence-corrected chi connectivity index (χ4v) is 5.12. The van der Waals surface area contributed by atoms with Crippen LogP contribution in [0.3, 0.4) is 0 Å². The van der Waals surface area contributed by atoms with Crippen molar-refractivity contribution in [1.29, 1.82) is 0 Å². The van der Waals surface area contributed by atoms with Crippen LogP contribution in [-0.4, -0.2) is 26.1 Å². The Morgan fingerprint density at radius 1 is 1.00 bits per heavy atom. The number of hydrogen-bond acceptors (Lipinski definition) is 7. The van der Waals surface area contributed by atoms with Crippen molar-refractivity contribution in [3.63, 3.8) is 0 Å². The Balaban J connectivity index is 1.12. The van der Waals surface area contributed by atoms with E-state index in [-0.39, 0.29) is 17.9 Å². The van der Waals surface area contributed by atoms with E-state index >= 15 is 0 Å². The summed E-state index contributed by atoms with van der Waals surface area (Å²) in [4.78, 5) is 21.5. The molecular weight excluding hydrogens is 446 g/mol. The molecule has 6 rings (SSSR count). The number of carbonyl (C=O) groups is 1. The summed E-state index contributed by atoms with van der Waals surface area (Å²) in [6, 6.07) is 20.4. The van der Waals surface area contributed by atoms with Gasteiger partial charge in [0.15, 0.2) is 0 Å². The summed E-state index contributed by atoms with van der Waals surface area (Å²) in [5.41, 5.74) is 4.00. The van der Waals surface area contributed by atoms with Gasteiger partial charge in [-0.2, -0.15) is 0 Å². The van der Waals surface area contributed by atoms with Crippen molar-refractivity contribution < 1.29 is 9.21 Å². The standard InChI is InChI=1S/C26H21N5O2S/c32-22(29-26(10-11-26)19-7-4-12-27-16-19)14-23-30-31-24(33-23)15-25-28-20-9-8-18(13-21(20)34-25)17-5-2-1-3-6-17/h1-9,12-13,16H,10-11,14-15H2,(H,29,32). The first-order chi connectivity index (χ1) is 16.7. The second-order valence-corrected chi connectivity index (χ2v) is 9.59. The average molecular weight is 468 g/mol. The van der Waals surface area contributed by atoms with Crippen LogP contribution < -0.4 is 5.32 Å². The highest BCUT2D eigenvalue weighted by Gasteiger charge is 2.45. The van der Waals surface area contributed by atoms with Crippen LogP contribution >= 0.6 is 11.3 Å². The van der Waals surface area contributed by atoms with Gasteiger partial charge in [0.1, 0.15) is 11.4 Å². The molecule has 34 heavy (non-hydrogen) atoms. The van der Waals surface area contributed by atoms with Crippen molar-refractivity contribution in [1.82, 2.24) is 25.5 Å². The second kappa shape index (κ2) is 8.46. The van der Waals surface area contributed by atoms with Gasteiger partial charge in [-0.15, -0.1) is 21.5 Å². The Labute approximate surface area is 199 Å². The summed E-state index contributed by atoms with van der Waals surface area (Å²) >= 11 is 1.61. The maximum absolute atomic E-state index is 12.6. The van der Waals surface area contributed by atoms with Crippen molar-refractivity contribution in [2.45, 2.75) is 31.2 Å². The largest absolute Gasteiger partial charge is 0.424 e. The normalized spacial score (nSPS) is 14.2. The van der Waals surface area contributed by atoms with Crippen LogP contribution in [0.2, 0.25) is 0 Å². The van der Waals surface area contributed by atoms with Gasteiger partial charge in [-0.05, 0) is 47.7 Å². The highest BCUT2D eigenvalue weighted by atomic mass is 32.1. The fraction of sp³-hybridized carbons (Fsp3) is 0.192. The van der Waals surface area contributed by atoms with Crippen LogP contribution in [-0.2, 0) is 23.2 Å². The maximum Gasteiger partial charge on any atom is 0.230 e. The number of benzene rings is 2. The molecule has 1 amide bonds. The summed E-state index contributed by atoms with van der Waals surface area (Å²) in [6.07, 6.45) is 5.84. The Morgan fingerprint density at radius 2 is 1.85 bits per heavy atom. The molecule has 2 aromatic carbocycles. The summed E-state index contributed by atoms with van der Waals surface area (Å²) in [5, 5.41) is 12.2. The quantitative estimate of drug-likeness (QED) is 0.374. The van der Waals surface area contributed by atoms with E-state index in [4.69, 9.17) is 9.40 Å². The molecule has 1 saturated carbocycles. The zero-order valence-corrected chi connectivity index (χ0v) is 19.1. The first kappa shape index (κ1) is 20.7. The molecule has 0 saturated heterocycles. The molecule has 1 aliphatic carbocycles. The van der Waals surface area contributed by atoms with E-state index in [1.165, 1.54) is 5.56 Å². The molecule has 7 nitrogen and oxygen atoms in total. The topological polar surface area (TPSA) is 93.8 Å². The SMILES string of the molecule is O=C(Cc1nnc(Cc2nc3ccc(-c4ccccc4)cc3s2)o1)NC1(c2cccnc2)CC1. The molecule has 0 radical (unpaired) electrons. The van der Waals surface area contributed by atoms with E-state index in [1.807, 2.05) is 36.4 Å².